The van der Waals surface area contributed by atoms with Gasteiger partial charge in [0.1, 0.15) is 11.5 Å². The molecule has 0 fully saturated rings. The first-order valence-corrected chi connectivity index (χ1v) is 12.4. The van der Waals surface area contributed by atoms with E-state index < -0.39 is 21.9 Å². The van der Waals surface area contributed by atoms with E-state index in [1.165, 1.54) is 18.4 Å². The zero-order valence-corrected chi connectivity index (χ0v) is 19.2. The number of hydrogen-bond acceptors (Lipinski definition) is 6. The maximum Gasteiger partial charge on any atom is 0.341 e. The van der Waals surface area contributed by atoms with Crippen molar-refractivity contribution in [3.05, 3.63) is 45.3 Å². The molecule has 0 unspecified atom stereocenters. The van der Waals surface area contributed by atoms with Crippen LogP contribution in [0.1, 0.15) is 44.8 Å². The summed E-state index contributed by atoms with van der Waals surface area (Å²) in [6.07, 6.45) is 4.73. The third-order valence-electron chi connectivity index (χ3n) is 5.19. The second-order valence-corrected chi connectivity index (χ2v) is 10.5. The van der Waals surface area contributed by atoms with Crippen LogP contribution < -0.4 is 9.62 Å². The minimum atomic E-state index is -3.70. The minimum absolute atomic E-state index is 0.381. The average Bonchev–Trinajstić information content (AvgIpc) is 3.03. The molecule has 2 aromatic rings. The van der Waals surface area contributed by atoms with Crippen LogP contribution in [-0.2, 0) is 32.4 Å². The van der Waals surface area contributed by atoms with Crippen LogP contribution in [0.25, 0.3) is 0 Å². The molecule has 1 aliphatic rings. The molecule has 1 heterocycles. The molecule has 0 radical (unpaired) electrons. The van der Waals surface area contributed by atoms with Crippen molar-refractivity contribution in [3.8, 4) is 0 Å². The summed E-state index contributed by atoms with van der Waals surface area (Å²) in [7, 11) is -2.39. The fourth-order valence-electron chi connectivity index (χ4n) is 3.83. The van der Waals surface area contributed by atoms with E-state index in [1.54, 1.807) is 26.0 Å². The number of nitrogens with zero attached hydrogens (tertiary/aromatic N) is 1. The first-order chi connectivity index (χ1) is 14.1. The minimum Gasteiger partial charge on any atom is -0.465 e. The van der Waals surface area contributed by atoms with Gasteiger partial charge < -0.3 is 10.1 Å². The van der Waals surface area contributed by atoms with Crippen LogP contribution in [0, 0.1) is 13.8 Å². The second-order valence-electron chi connectivity index (χ2n) is 7.46. The van der Waals surface area contributed by atoms with Gasteiger partial charge in [0.05, 0.1) is 24.6 Å². The number of thiophene rings is 1. The first kappa shape index (κ1) is 22.3. The summed E-state index contributed by atoms with van der Waals surface area (Å²) in [4.78, 5) is 26.3. The van der Waals surface area contributed by atoms with Crippen LogP contribution in [0.2, 0.25) is 0 Å². The molecule has 7 nitrogen and oxygen atoms in total. The van der Waals surface area contributed by atoms with E-state index in [2.05, 4.69) is 5.32 Å². The number of anilines is 2. The van der Waals surface area contributed by atoms with Crippen molar-refractivity contribution < 1.29 is 22.7 Å². The number of esters is 1. The Balaban J connectivity index is 1.92. The summed E-state index contributed by atoms with van der Waals surface area (Å²) in [5.74, 6) is -0.994. The quantitative estimate of drug-likeness (QED) is 0.681. The number of ether oxygens (including phenoxy) is 1. The summed E-state index contributed by atoms with van der Waals surface area (Å²) in [6, 6.07) is 5.45. The highest BCUT2D eigenvalue weighted by Gasteiger charge is 2.29. The Morgan fingerprint density at radius 2 is 1.80 bits per heavy atom. The van der Waals surface area contributed by atoms with Crippen molar-refractivity contribution in [2.45, 2.75) is 39.5 Å². The molecule has 9 heteroatoms. The number of para-hydroxylation sites is 1. The lowest BCUT2D eigenvalue weighted by molar-refractivity contribution is -0.114. The van der Waals surface area contributed by atoms with Gasteiger partial charge in [0.25, 0.3) is 0 Å². The number of sulfonamides is 1. The molecule has 0 saturated heterocycles. The molecule has 0 atom stereocenters. The number of methoxy groups -OCH3 is 1. The molecule has 1 amide bonds. The van der Waals surface area contributed by atoms with E-state index in [-0.39, 0.29) is 6.54 Å². The molecule has 0 spiro atoms. The average molecular weight is 451 g/mol. The molecule has 0 bridgehead atoms. The monoisotopic (exact) mass is 450 g/mol. The Morgan fingerprint density at radius 1 is 1.17 bits per heavy atom. The largest absolute Gasteiger partial charge is 0.465 e. The summed E-state index contributed by atoms with van der Waals surface area (Å²) < 4.78 is 31.0. The Labute approximate surface area is 181 Å². The van der Waals surface area contributed by atoms with Gasteiger partial charge in [0, 0.05) is 4.88 Å². The summed E-state index contributed by atoms with van der Waals surface area (Å²) in [5.41, 5.74) is 3.34. The number of aryl methyl sites for hydroxylation is 3. The Hall–Kier alpha value is -2.39. The number of benzene rings is 1. The molecule has 1 aromatic heterocycles. The molecular formula is C21H26N2O5S2. The molecule has 162 valence electrons. The van der Waals surface area contributed by atoms with E-state index >= 15 is 0 Å². The standard InChI is InChI=1S/C21H26N2O5S2/c1-13-8-7-9-14(2)19(13)23(30(4,26)27)12-17(24)22-20-18(21(25)28-3)15-10-5-6-11-16(15)29-20/h7-9H,5-6,10-12H2,1-4H3,(H,22,24). The molecule has 1 aliphatic carbocycles. The van der Waals surface area contributed by atoms with Crippen LogP contribution in [0.15, 0.2) is 18.2 Å². The normalized spacial score (nSPS) is 13.5. The van der Waals surface area contributed by atoms with Crippen LogP contribution in [-0.4, -0.2) is 40.2 Å². The van der Waals surface area contributed by atoms with Gasteiger partial charge in [-0.2, -0.15) is 0 Å². The van der Waals surface area contributed by atoms with Crippen LogP contribution in [0.4, 0.5) is 10.7 Å². The van der Waals surface area contributed by atoms with Gasteiger partial charge in [-0.3, -0.25) is 9.10 Å². The lowest BCUT2D eigenvalue weighted by atomic mass is 9.95. The van der Waals surface area contributed by atoms with E-state index in [4.69, 9.17) is 4.74 Å². The van der Waals surface area contributed by atoms with Crippen molar-refractivity contribution >= 4 is 43.9 Å². The number of fused-ring (bicyclic) bond motifs is 1. The Morgan fingerprint density at radius 3 is 2.40 bits per heavy atom. The molecular weight excluding hydrogens is 424 g/mol. The Kier molecular flexibility index (Phi) is 6.52. The molecule has 3 rings (SSSR count). The van der Waals surface area contributed by atoms with Gasteiger partial charge in [-0.15, -0.1) is 11.3 Å². The first-order valence-electron chi connectivity index (χ1n) is 9.70. The number of amides is 1. The van der Waals surface area contributed by atoms with Crippen LogP contribution in [0.3, 0.4) is 0 Å². The second kappa shape index (κ2) is 8.77. The van der Waals surface area contributed by atoms with E-state index in [0.29, 0.717) is 16.3 Å². The molecule has 1 aromatic carbocycles. The summed E-state index contributed by atoms with van der Waals surface area (Å²) in [5, 5.41) is 3.19. The van der Waals surface area contributed by atoms with Gasteiger partial charge >= 0.3 is 5.97 Å². The van der Waals surface area contributed by atoms with Gasteiger partial charge in [0.15, 0.2) is 0 Å². The number of hydrogen-bond donors (Lipinski definition) is 1. The zero-order valence-electron chi connectivity index (χ0n) is 17.6. The Bertz CT molecular complexity index is 1070. The number of carbonyl (C=O) groups excluding carboxylic acids is 2. The van der Waals surface area contributed by atoms with Crippen molar-refractivity contribution in [2.75, 3.05) is 29.5 Å². The number of nitrogens with one attached hydrogen (secondary N) is 1. The van der Waals surface area contributed by atoms with Gasteiger partial charge in [-0.1, -0.05) is 18.2 Å². The summed E-state index contributed by atoms with van der Waals surface area (Å²) in [6.45, 7) is 3.23. The smallest absolute Gasteiger partial charge is 0.341 e. The van der Waals surface area contributed by atoms with Gasteiger partial charge in [-0.25, -0.2) is 13.2 Å². The summed E-state index contributed by atoms with van der Waals surface area (Å²) >= 11 is 1.37. The van der Waals surface area contributed by atoms with Gasteiger partial charge in [0.2, 0.25) is 15.9 Å². The highest BCUT2D eigenvalue weighted by molar-refractivity contribution is 7.92. The highest BCUT2D eigenvalue weighted by atomic mass is 32.2. The van der Waals surface area contributed by atoms with Crippen molar-refractivity contribution in [3.63, 3.8) is 0 Å². The lowest BCUT2D eigenvalue weighted by Crippen LogP contribution is -2.38. The zero-order chi connectivity index (χ0) is 22.1. The predicted molar refractivity (Wildman–Crippen MR) is 119 cm³/mol. The predicted octanol–water partition coefficient (Wildman–Crippen LogP) is 3.44. The van der Waals surface area contributed by atoms with Gasteiger partial charge in [-0.05, 0) is 56.2 Å². The fourth-order valence-corrected chi connectivity index (χ4v) is 6.09. The third-order valence-corrected chi connectivity index (χ3v) is 7.51. The van der Waals surface area contributed by atoms with E-state index in [9.17, 15) is 18.0 Å². The topological polar surface area (TPSA) is 92.8 Å². The number of rotatable bonds is 6. The van der Waals surface area contributed by atoms with Crippen LogP contribution >= 0.6 is 11.3 Å². The third kappa shape index (κ3) is 4.52. The molecule has 30 heavy (non-hydrogen) atoms. The molecule has 0 aliphatic heterocycles. The maximum atomic E-state index is 12.9. The molecule has 1 N–H and O–H groups in total. The highest BCUT2D eigenvalue weighted by Crippen LogP contribution is 2.38. The number of carbonyl (C=O) groups is 2. The van der Waals surface area contributed by atoms with E-state index in [1.807, 2.05) is 6.07 Å². The fraction of sp³-hybridized carbons (Fsp3) is 0.429. The lowest BCUT2D eigenvalue weighted by Gasteiger charge is -2.25. The SMILES string of the molecule is COC(=O)c1c(NC(=O)CN(c2c(C)cccc2C)S(C)(=O)=O)sc2c1CCCC2. The van der Waals surface area contributed by atoms with Crippen molar-refractivity contribution in [1.82, 2.24) is 0 Å². The maximum absolute atomic E-state index is 12.9. The van der Waals surface area contributed by atoms with Crippen LogP contribution in [0.5, 0.6) is 0 Å². The van der Waals surface area contributed by atoms with E-state index in [0.717, 1.165) is 57.8 Å². The van der Waals surface area contributed by atoms with Crippen molar-refractivity contribution in [1.29, 1.82) is 0 Å². The molecule has 0 saturated carbocycles. The van der Waals surface area contributed by atoms with Crippen molar-refractivity contribution in [2.24, 2.45) is 0 Å².